The van der Waals surface area contributed by atoms with Gasteiger partial charge in [0, 0.05) is 18.8 Å². The molecule has 0 spiro atoms. The third-order valence-corrected chi connectivity index (χ3v) is 2.72. The van der Waals surface area contributed by atoms with Crippen LogP contribution in [0.4, 0.5) is 5.69 Å². The zero-order chi connectivity index (χ0) is 11.4. The van der Waals surface area contributed by atoms with E-state index in [-0.39, 0.29) is 12.0 Å². The van der Waals surface area contributed by atoms with Gasteiger partial charge in [-0.1, -0.05) is 12.1 Å². The standard InChI is InChI=1S/C12H16N2O2/c13-11-6-2-1-5-10(11)12(15)14-8-9-4-3-7-16-9/h1-2,5-6,9H,3-4,7-8,13H2,(H,14,15). The van der Waals surface area contributed by atoms with Gasteiger partial charge in [0.1, 0.15) is 0 Å². The van der Waals surface area contributed by atoms with Gasteiger partial charge < -0.3 is 15.8 Å². The van der Waals surface area contributed by atoms with Crippen LogP contribution in [-0.2, 0) is 4.74 Å². The molecule has 1 aliphatic rings. The normalized spacial score (nSPS) is 19.6. The molecule has 1 atom stereocenters. The Morgan fingerprint density at radius 3 is 3.00 bits per heavy atom. The van der Waals surface area contributed by atoms with E-state index in [1.54, 1.807) is 18.2 Å². The SMILES string of the molecule is Nc1ccccc1C(=O)NCC1CCCO1. The number of hydrogen-bond donors (Lipinski definition) is 2. The second-order valence-electron chi connectivity index (χ2n) is 3.93. The third-order valence-electron chi connectivity index (χ3n) is 2.72. The lowest BCUT2D eigenvalue weighted by Crippen LogP contribution is -2.32. The quantitative estimate of drug-likeness (QED) is 0.752. The van der Waals surface area contributed by atoms with E-state index in [0.29, 0.717) is 17.8 Å². The molecule has 86 valence electrons. The zero-order valence-corrected chi connectivity index (χ0v) is 9.11. The van der Waals surface area contributed by atoms with Crippen molar-refractivity contribution in [3.05, 3.63) is 29.8 Å². The summed E-state index contributed by atoms with van der Waals surface area (Å²) < 4.78 is 5.42. The Hall–Kier alpha value is -1.55. The van der Waals surface area contributed by atoms with E-state index >= 15 is 0 Å². The van der Waals surface area contributed by atoms with Crippen LogP contribution in [0.25, 0.3) is 0 Å². The fourth-order valence-corrected chi connectivity index (χ4v) is 1.81. The fraction of sp³-hybridized carbons (Fsp3) is 0.417. The Bertz CT molecular complexity index is 373. The number of hydrogen-bond acceptors (Lipinski definition) is 3. The van der Waals surface area contributed by atoms with Crippen LogP contribution in [0.5, 0.6) is 0 Å². The average Bonchev–Trinajstić information content (AvgIpc) is 2.79. The highest BCUT2D eigenvalue weighted by Crippen LogP contribution is 2.12. The molecule has 1 aromatic carbocycles. The summed E-state index contributed by atoms with van der Waals surface area (Å²) in [7, 11) is 0. The first-order chi connectivity index (χ1) is 7.77. The van der Waals surface area contributed by atoms with Crippen LogP contribution in [0.1, 0.15) is 23.2 Å². The molecule has 2 rings (SSSR count). The first-order valence-electron chi connectivity index (χ1n) is 5.51. The van der Waals surface area contributed by atoms with E-state index in [1.807, 2.05) is 6.07 Å². The number of nitrogens with one attached hydrogen (secondary N) is 1. The van der Waals surface area contributed by atoms with E-state index < -0.39 is 0 Å². The second kappa shape index (κ2) is 4.99. The van der Waals surface area contributed by atoms with Gasteiger partial charge in [0.15, 0.2) is 0 Å². The molecule has 4 nitrogen and oxygen atoms in total. The van der Waals surface area contributed by atoms with Crippen molar-refractivity contribution in [3.8, 4) is 0 Å². The van der Waals surface area contributed by atoms with Crippen LogP contribution < -0.4 is 11.1 Å². The molecule has 1 saturated heterocycles. The van der Waals surface area contributed by atoms with Gasteiger partial charge in [0.2, 0.25) is 0 Å². The van der Waals surface area contributed by atoms with Crippen LogP contribution in [0, 0.1) is 0 Å². The number of carbonyl (C=O) groups is 1. The van der Waals surface area contributed by atoms with E-state index in [2.05, 4.69) is 5.32 Å². The van der Waals surface area contributed by atoms with Crippen LogP contribution >= 0.6 is 0 Å². The Balaban J connectivity index is 1.90. The number of nitrogen functional groups attached to an aromatic ring is 1. The highest BCUT2D eigenvalue weighted by Gasteiger charge is 2.17. The van der Waals surface area contributed by atoms with Crippen molar-refractivity contribution in [2.45, 2.75) is 18.9 Å². The molecule has 1 aliphatic heterocycles. The molecule has 0 radical (unpaired) electrons. The van der Waals surface area contributed by atoms with Crippen molar-refractivity contribution >= 4 is 11.6 Å². The molecule has 0 bridgehead atoms. The third kappa shape index (κ3) is 2.52. The molecule has 1 heterocycles. The molecular weight excluding hydrogens is 204 g/mol. The van der Waals surface area contributed by atoms with E-state index in [9.17, 15) is 4.79 Å². The number of rotatable bonds is 3. The van der Waals surface area contributed by atoms with Gasteiger partial charge in [-0.3, -0.25) is 4.79 Å². The number of para-hydroxylation sites is 1. The van der Waals surface area contributed by atoms with Gasteiger partial charge in [0.25, 0.3) is 5.91 Å². The lowest BCUT2D eigenvalue weighted by molar-refractivity contribution is 0.0858. The van der Waals surface area contributed by atoms with Crippen molar-refractivity contribution in [2.24, 2.45) is 0 Å². The Labute approximate surface area is 94.8 Å². The lowest BCUT2D eigenvalue weighted by atomic mass is 10.1. The van der Waals surface area contributed by atoms with Crippen molar-refractivity contribution in [1.29, 1.82) is 0 Å². The summed E-state index contributed by atoms with van der Waals surface area (Å²) >= 11 is 0. The van der Waals surface area contributed by atoms with E-state index in [1.165, 1.54) is 0 Å². The van der Waals surface area contributed by atoms with E-state index in [4.69, 9.17) is 10.5 Å². The first-order valence-corrected chi connectivity index (χ1v) is 5.51. The van der Waals surface area contributed by atoms with Crippen molar-refractivity contribution in [3.63, 3.8) is 0 Å². The topological polar surface area (TPSA) is 64.4 Å². The number of benzene rings is 1. The summed E-state index contributed by atoms with van der Waals surface area (Å²) in [4.78, 5) is 11.8. The highest BCUT2D eigenvalue weighted by atomic mass is 16.5. The number of anilines is 1. The first kappa shape index (κ1) is 11.0. The molecule has 0 saturated carbocycles. The summed E-state index contributed by atoms with van der Waals surface area (Å²) in [6.45, 7) is 1.36. The summed E-state index contributed by atoms with van der Waals surface area (Å²) in [5.74, 6) is -0.131. The van der Waals surface area contributed by atoms with Gasteiger partial charge in [0.05, 0.1) is 11.7 Å². The predicted octanol–water partition coefficient (Wildman–Crippen LogP) is 1.18. The molecule has 16 heavy (non-hydrogen) atoms. The highest BCUT2D eigenvalue weighted by molar-refractivity contribution is 5.99. The second-order valence-corrected chi connectivity index (χ2v) is 3.93. The average molecular weight is 220 g/mol. The number of nitrogens with two attached hydrogens (primary N) is 1. The molecular formula is C12H16N2O2. The minimum atomic E-state index is -0.131. The van der Waals surface area contributed by atoms with Crippen LogP contribution in [0.2, 0.25) is 0 Å². The number of carbonyl (C=O) groups excluding carboxylic acids is 1. The molecule has 0 aromatic heterocycles. The van der Waals surface area contributed by atoms with Crippen LogP contribution in [0.15, 0.2) is 24.3 Å². The molecule has 3 N–H and O–H groups in total. The van der Waals surface area contributed by atoms with Gasteiger partial charge >= 0.3 is 0 Å². The molecule has 1 aromatic rings. The molecule has 1 amide bonds. The largest absolute Gasteiger partial charge is 0.398 e. The lowest BCUT2D eigenvalue weighted by Gasteiger charge is -2.11. The maximum absolute atomic E-state index is 11.8. The Kier molecular flexibility index (Phi) is 3.41. The molecule has 1 fully saturated rings. The fourth-order valence-electron chi connectivity index (χ4n) is 1.81. The summed E-state index contributed by atoms with van der Waals surface area (Å²) in [5.41, 5.74) is 6.75. The minimum absolute atomic E-state index is 0.131. The number of amides is 1. The van der Waals surface area contributed by atoms with Crippen molar-refractivity contribution in [2.75, 3.05) is 18.9 Å². The van der Waals surface area contributed by atoms with Gasteiger partial charge in [-0.05, 0) is 25.0 Å². The van der Waals surface area contributed by atoms with Crippen LogP contribution in [0.3, 0.4) is 0 Å². The zero-order valence-electron chi connectivity index (χ0n) is 9.11. The molecule has 4 heteroatoms. The maximum Gasteiger partial charge on any atom is 0.253 e. The predicted molar refractivity (Wildman–Crippen MR) is 62.2 cm³/mol. The molecule has 1 unspecified atom stereocenters. The smallest absolute Gasteiger partial charge is 0.253 e. The van der Waals surface area contributed by atoms with Gasteiger partial charge in [-0.2, -0.15) is 0 Å². The van der Waals surface area contributed by atoms with Gasteiger partial charge in [-0.25, -0.2) is 0 Å². The Morgan fingerprint density at radius 1 is 1.50 bits per heavy atom. The monoisotopic (exact) mass is 220 g/mol. The van der Waals surface area contributed by atoms with Crippen molar-refractivity contribution < 1.29 is 9.53 Å². The summed E-state index contributed by atoms with van der Waals surface area (Å²) in [5, 5.41) is 2.84. The van der Waals surface area contributed by atoms with E-state index in [0.717, 1.165) is 19.4 Å². The minimum Gasteiger partial charge on any atom is -0.398 e. The summed E-state index contributed by atoms with van der Waals surface area (Å²) in [6, 6.07) is 7.06. The van der Waals surface area contributed by atoms with Crippen molar-refractivity contribution in [1.82, 2.24) is 5.32 Å². The van der Waals surface area contributed by atoms with Gasteiger partial charge in [-0.15, -0.1) is 0 Å². The summed E-state index contributed by atoms with van der Waals surface area (Å²) in [6.07, 6.45) is 2.26. The Morgan fingerprint density at radius 2 is 2.31 bits per heavy atom. The molecule has 0 aliphatic carbocycles. The number of ether oxygens (including phenoxy) is 1. The van der Waals surface area contributed by atoms with Crippen LogP contribution in [-0.4, -0.2) is 25.2 Å². The maximum atomic E-state index is 11.8.